The van der Waals surface area contributed by atoms with Crippen molar-refractivity contribution < 1.29 is 13.9 Å². The molecule has 17 heavy (non-hydrogen) atoms. The van der Waals surface area contributed by atoms with Crippen LogP contribution in [0, 0.1) is 12.8 Å². The summed E-state index contributed by atoms with van der Waals surface area (Å²) in [4.78, 5) is 12.4. The standard InChI is InChI=1S/C14H18O3/c1-10-3-7-16-13(10)12(15)11-4-8-17-14(9-11)5-2-6-14/h3,7,11H,2,4-6,8-9H2,1H3. The van der Waals surface area contributed by atoms with Gasteiger partial charge in [-0.15, -0.1) is 0 Å². The first kappa shape index (κ1) is 11.0. The van der Waals surface area contributed by atoms with Crippen molar-refractivity contribution in [1.29, 1.82) is 0 Å². The highest BCUT2D eigenvalue weighted by atomic mass is 16.5. The second-order valence-electron chi connectivity index (χ2n) is 5.37. The van der Waals surface area contributed by atoms with Gasteiger partial charge in [-0.05, 0) is 50.7 Å². The van der Waals surface area contributed by atoms with E-state index in [4.69, 9.17) is 9.15 Å². The molecule has 2 aliphatic rings. The largest absolute Gasteiger partial charge is 0.461 e. The monoisotopic (exact) mass is 234 g/mol. The molecule has 92 valence electrons. The second kappa shape index (κ2) is 3.98. The average molecular weight is 234 g/mol. The van der Waals surface area contributed by atoms with E-state index in [9.17, 15) is 4.79 Å². The number of hydrogen-bond donors (Lipinski definition) is 0. The van der Waals surface area contributed by atoms with E-state index in [1.165, 1.54) is 6.42 Å². The average Bonchev–Trinajstić information content (AvgIpc) is 2.73. The smallest absolute Gasteiger partial charge is 0.201 e. The molecule has 0 N–H and O–H groups in total. The number of aryl methyl sites for hydroxylation is 1. The first-order chi connectivity index (χ1) is 8.20. The Kier molecular flexibility index (Phi) is 2.58. The van der Waals surface area contributed by atoms with Crippen LogP contribution in [0.4, 0.5) is 0 Å². The number of rotatable bonds is 2. The molecule has 1 aliphatic heterocycles. The molecule has 3 nitrogen and oxygen atoms in total. The van der Waals surface area contributed by atoms with Gasteiger partial charge in [0.05, 0.1) is 11.9 Å². The summed E-state index contributed by atoms with van der Waals surface area (Å²) in [5, 5.41) is 0. The van der Waals surface area contributed by atoms with Crippen LogP contribution in [0.1, 0.15) is 48.2 Å². The van der Waals surface area contributed by atoms with E-state index in [1.807, 2.05) is 13.0 Å². The summed E-state index contributed by atoms with van der Waals surface area (Å²) in [6, 6.07) is 1.85. The molecule has 0 amide bonds. The van der Waals surface area contributed by atoms with Gasteiger partial charge >= 0.3 is 0 Å². The molecular weight excluding hydrogens is 216 g/mol. The molecule has 3 heteroatoms. The molecule has 1 saturated heterocycles. The van der Waals surface area contributed by atoms with E-state index >= 15 is 0 Å². The van der Waals surface area contributed by atoms with Crippen LogP contribution in [-0.2, 0) is 4.74 Å². The van der Waals surface area contributed by atoms with Gasteiger partial charge in [-0.1, -0.05) is 0 Å². The highest BCUT2D eigenvalue weighted by Gasteiger charge is 2.44. The van der Waals surface area contributed by atoms with Crippen molar-refractivity contribution in [3.63, 3.8) is 0 Å². The fourth-order valence-electron chi connectivity index (χ4n) is 2.98. The second-order valence-corrected chi connectivity index (χ2v) is 5.37. The topological polar surface area (TPSA) is 39.4 Å². The van der Waals surface area contributed by atoms with E-state index in [0.717, 1.165) is 37.9 Å². The van der Waals surface area contributed by atoms with Gasteiger partial charge in [-0.25, -0.2) is 0 Å². The Morgan fingerprint density at radius 2 is 2.29 bits per heavy atom. The van der Waals surface area contributed by atoms with Gasteiger partial charge in [-0.2, -0.15) is 0 Å². The van der Waals surface area contributed by atoms with E-state index < -0.39 is 0 Å². The highest BCUT2D eigenvalue weighted by Crippen LogP contribution is 2.45. The van der Waals surface area contributed by atoms with Gasteiger partial charge in [0.15, 0.2) is 5.76 Å². The summed E-state index contributed by atoms with van der Waals surface area (Å²) in [5.74, 6) is 0.808. The third-order valence-electron chi connectivity index (χ3n) is 4.21. The quantitative estimate of drug-likeness (QED) is 0.738. The van der Waals surface area contributed by atoms with Gasteiger partial charge in [-0.3, -0.25) is 4.79 Å². The predicted molar refractivity (Wildman–Crippen MR) is 63.0 cm³/mol. The number of carbonyl (C=O) groups excluding carboxylic acids is 1. The van der Waals surface area contributed by atoms with E-state index in [1.54, 1.807) is 6.26 Å². The number of Topliss-reactive ketones (excluding diaryl/α,β-unsaturated/α-hetero) is 1. The lowest BCUT2D eigenvalue weighted by atomic mass is 9.71. The van der Waals surface area contributed by atoms with Crippen LogP contribution >= 0.6 is 0 Å². The Morgan fingerprint density at radius 3 is 2.88 bits per heavy atom. The van der Waals surface area contributed by atoms with E-state index in [2.05, 4.69) is 0 Å². The predicted octanol–water partition coefficient (Wildman–Crippen LogP) is 3.12. The highest BCUT2D eigenvalue weighted by molar-refractivity contribution is 5.96. The maximum absolute atomic E-state index is 12.4. The van der Waals surface area contributed by atoms with Crippen LogP contribution in [0.25, 0.3) is 0 Å². The minimum absolute atomic E-state index is 0.0269. The molecular formula is C14H18O3. The third-order valence-corrected chi connectivity index (χ3v) is 4.21. The van der Waals surface area contributed by atoms with E-state index in [0.29, 0.717) is 5.76 Å². The van der Waals surface area contributed by atoms with Crippen LogP contribution in [0.2, 0.25) is 0 Å². The van der Waals surface area contributed by atoms with Crippen molar-refractivity contribution in [2.75, 3.05) is 6.61 Å². The Morgan fingerprint density at radius 1 is 1.47 bits per heavy atom. The Bertz CT molecular complexity index is 428. The van der Waals surface area contributed by atoms with Crippen molar-refractivity contribution in [2.24, 2.45) is 5.92 Å². The van der Waals surface area contributed by atoms with E-state index in [-0.39, 0.29) is 17.3 Å². The lowest BCUT2D eigenvalue weighted by Crippen LogP contribution is -2.47. The van der Waals surface area contributed by atoms with Crippen LogP contribution < -0.4 is 0 Å². The molecule has 1 saturated carbocycles. The summed E-state index contributed by atoms with van der Waals surface area (Å²) in [6.45, 7) is 2.64. The maximum atomic E-state index is 12.4. The molecule has 2 heterocycles. The zero-order valence-electron chi connectivity index (χ0n) is 10.2. The van der Waals surface area contributed by atoms with Crippen molar-refractivity contribution >= 4 is 5.78 Å². The number of ether oxygens (including phenoxy) is 1. The molecule has 1 aromatic rings. The maximum Gasteiger partial charge on any atom is 0.201 e. The SMILES string of the molecule is Cc1ccoc1C(=O)C1CCOC2(CCC2)C1. The minimum atomic E-state index is 0.0269. The fourth-order valence-corrected chi connectivity index (χ4v) is 2.98. The molecule has 1 spiro atoms. The lowest BCUT2D eigenvalue weighted by Gasteiger charge is -2.46. The molecule has 2 fully saturated rings. The lowest BCUT2D eigenvalue weighted by molar-refractivity contribution is -0.137. The van der Waals surface area contributed by atoms with Gasteiger partial charge < -0.3 is 9.15 Å². The summed E-state index contributed by atoms with van der Waals surface area (Å²) in [6.07, 6.45) is 6.79. The fraction of sp³-hybridized carbons (Fsp3) is 0.643. The number of hydrogen-bond acceptors (Lipinski definition) is 3. The van der Waals surface area contributed by atoms with Gasteiger partial charge in [0.25, 0.3) is 0 Å². The minimum Gasteiger partial charge on any atom is -0.461 e. The number of furan rings is 1. The molecule has 0 radical (unpaired) electrons. The van der Waals surface area contributed by atoms with Gasteiger partial charge in [0.2, 0.25) is 5.78 Å². The zero-order valence-corrected chi connectivity index (χ0v) is 10.2. The molecule has 0 bridgehead atoms. The molecule has 1 unspecified atom stereocenters. The molecule has 3 rings (SSSR count). The molecule has 1 atom stereocenters. The Hall–Kier alpha value is -1.09. The van der Waals surface area contributed by atoms with Crippen molar-refractivity contribution in [2.45, 2.75) is 44.6 Å². The van der Waals surface area contributed by atoms with Gasteiger partial charge in [0.1, 0.15) is 0 Å². The first-order valence-electron chi connectivity index (χ1n) is 6.42. The summed E-state index contributed by atoms with van der Waals surface area (Å²) >= 11 is 0. The van der Waals surface area contributed by atoms with Crippen LogP contribution in [-0.4, -0.2) is 18.0 Å². The molecule has 0 aromatic carbocycles. The van der Waals surface area contributed by atoms with Crippen molar-refractivity contribution in [3.8, 4) is 0 Å². The van der Waals surface area contributed by atoms with Crippen molar-refractivity contribution in [3.05, 3.63) is 23.7 Å². The van der Waals surface area contributed by atoms with Crippen LogP contribution in [0.15, 0.2) is 16.7 Å². The normalized spacial score (nSPS) is 26.8. The Labute approximate surface area is 101 Å². The summed E-state index contributed by atoms with van der Waals surface area (Å²) in [5.41, 5.74) is 0.975. The third kappa shape index (κ3) is 1.82. The molecule has 1 aromatic heterocycles. The summed E-state index contributed by atoms with van der Waals surface area (Å²) in [7, 11) is 0. The van der Waals surface area contributed by atoms with Crippen LogP contribution in [0.5, 0.6) is 0 Å². The Balaban J connectivity index is 1.76. The summed E-state index contributed by atoms with van der Waals surface area (Å²) < 4.78 is 11.2. The zero-order chi connectivity index (χ0) is 11.9. The first-order valence-corrected chi connectivity index (χ1v) is 6.42. The number of ketones is 1. The molecule has 1 aliphatic carbocycles. The van der Waals surface area contributed by atoms with Gasteiger partial charge in [0, 0.05) is 12.5 Å². The van der Waals surface area contributed by atoms with Crippen molar-refractivity contribution in [1.82, 2.24) is 0 Å². The number of carbonyl (C=O) groups is 1. The van der Waals surface area contributed by atoms with Crippen LogP contribution in [0.3, 0.4) is 0 Å².